The SMILES string of the molecule is CC1CCN(C(=O)/C=C/c2cn(-c3ccccc3)nc2-c2ccc(Cl)cc2)CC1. The van der Waals surface area contributed by atoms with Gasteiger partial charge in [0.25, 0.3) is 0 Å². The highest BCUT2D eigenvalue weighted by atomic mass is 35.5. The van der Waals surface area contributed by atoms with E-state index in [-0.39, 0.29) is 5.91 Å². The first kappa shape index (κ1) is 19.5. The number of likely N-dealkylation sites (tertiary alicyclic amines) is 1. The fourth-order valence-electron chi connectivity index (χ4n) is 3.55. The van der Waals surface area contributed by atoms with Crippen LogP contribution in [0.5, 0.6) is 0 Å². The molecular weight excluding hydrogens is 382 g/mol. The largest absolute Gasteiger partial charge is 0.339 e. The lowest BCUT2D eigenvalue weighted by molar-refractivity contribution is -0.127. The fraction of sp³-hybridized carbons (Fsp3) is 0.250. The molecule has 0 atom stereocenters. The first-order valence-corrected chi connectivity index (χ1v) is 10.4. The van der Waals surface area contributed by atoms with Gasteiger partial charge in [0.15, 0.2) is 0 Å². The third kappa shape index (κ3) is 4.60. The molecular formula is C24H24ClN3O. The van der Waals surface area contributed by atoms with Crippen LogP contribution < -0.4 is 0 Å². The summed E-state index contributed by atoms with van der Waals surface area (Å²) < 4.78 is 1.84. The minimum Gasteiger partial charge on any atom is -0.339 e. The van der Waals surface area contributed by atoms with Crippen LogP contribution in [0.15, 0.2) is 66.9 Å². The maximum atomic E-state index is 12.6. The van der Waals surface area contributed by atoms with Gasteiger partial charge in [0.2, 0.25) is 5.91 Å². The summed E-state index contributed by atoms with van der Waals surface area (Å²) in [4.78, 5) is 14.6. The van der Waals surface area contributed by atoms with Gasteiger partial charge < -0.3 is 4.90 Å². The monoisotopic (exact) mass is 405 g/mol. The topological polar surface area (TPSA) is 38.1 Å². The number of aromatic nitrogens is 2. The molecule has 1 saturated heterocycles. The van der Waals surface area contributed by atoms with Gasteiger partial charge in [-0.1, -0.05) is 48.9 Å². The number of hydrogen-bond acceptors (Lipinski definition) is 2. The Labute approximate surface area is 176 Å². The van der Waals surface area contributed by atoms with Crippen molar-refractivity contribution >= 4 is 23.6 Å². The van der Waals surface area contributed by atoms with Crippen molar-refractivity contribution in [2.24, 2.45) is 5.92 Å². The third-order valence-electron chi connectivity index (χ3n) is 5.38. The minimum atomic E-state index is 0.0615. The van der Waals surface area contributed by atoms with E-state index in [1.54, 1.807) is 6.08 Å². The molecule has 0 N–H and O–H groups in total. The average Bonchev–Trinajstić information content (AvgIpc) is 3.18. The zero-order valence-corrected chi connectivity index (χ0v) is 17.2. The molecule has 148 valence electrons. The maximum Gasteiger partial charge on any atom is 0.246 e. The number of para-hydroxylation sites is 1. The molecule has 29 heavy (non-hydrogen) atoms. The van der Waals surface area contributed by atoms with Crippen LogP contribution in [0.2, 0.25) is 5.02 Å². The van der Waals surface area contributed by atoms with E-state index in [4.69, 9.17) is 16.7 Å². The van der Waals surface area contributed by atoms with Gasteiger partial charge in [-0.05, 0) is 49.1 Å². The van der Waals surface area contributed by atoms with Gasteiger partial charge in [-0.25, -0.2) is 4.68 Å². The summed E-state index contributed by atoms with van der Waals surface area (Å²) in [6, 6.07) is 17.6. The normalized spacial score (nSPS) is 15.2. The molecule has 0 radical (unpaired) electrons. The molecule has 0 aliphatic carbocycles. The van der Waals surface area contributed by atoms with E-state index in [1.165, 1.54) is 0 Å². The van der Waals surface area contributed by atoms with Gasteiger partial charge in [-0.15, -0.1) is 0 Å². The highest BCUT2D eigenvalue weighted by molar-refractivity contribution is 6.30. The van der Waals surface area contributed by atoms with Gasteiger partial charge in [-0.2, -0.15) is 5.10 Å². The van der Waals surface area contributed by atoms with Crippen LogP contribution in [0.4, 0.5) is 0 Å². The summed E-state index contributed by atoms with van der Waals surface area (Å²) in [6.07, 6.45) is 7.64. The second-order valence-corrected chi connectivity index (χ2v) is 8.00. The number of amides is 1. The van der Waals surface area contributed by atoms with Crippen molar-refractivity contribution in [3.8, 4) is 16.9 Å². The van der Waals surface area contributed by atoms with Crippen molar-refractivity contribution in [3.05, 3.63) is 77.5 Å². The molecule has 3 aromatic rings. The van der Waals surface area contributed by atoms with Crippen LogP contribution >= 0.6 is 11.6 Å². The molecule has 1 fully saturated rings. The molecule has 0 bridgehead atoms. The molecule has 0 spiro atoms. The molecule has 4 rings (SSSR count). The third-order valence-corrected chi connectivity index (χ3v) is 5.63. The summed E-state index contributed by atoms with van der Waals surface area (Å²) in [5, 5.41) is 5.46. The van der Waals surface area contributed by atoms with Gasteiger partial charge in [0.1, 0.15) is 0 Å². The van der Waals surface area contributed by atoms with E-state index in [0.717, 1.165) is 48.4 Å². The lowest BCUT2D eigenvalue weighted by Crippen LogP contribution is -2.36. The number of nitrogens with zero attached hydrogens (tertiary/aromatic N) is 3. The Morgan fingerprint density at radius 1 is 1.07 bits per heavy atom. The zero-order chi connectivity index (χ0) is 20.2. The smallest absolute Gasteiger partial charge is 0.246 e. The number of carbonyl (C=O) groups is 1. The summed E-state index contributed by atoms with van der Waals surface area (Å²) in [5.41, 5.74) is 3.65. The molecule has 0 unspecified atom stereocenters. The number of carbonyl (C=O) groups excluding carboxylic acids is 1. The molecule has 4 nitrogen and oxygen atoms in total. The Balaban J connectivity index is 1.64. The predicted molar refractivity (Wildman–Crippen MR) is 118 cm³/mol. The summed E-state index contributed by atoms with van der Waals surface area (Å²) in [7, 11) is 0. The first-order chi connectivity index (χ1) is 14.1. The van der Waals surface area contributed by atoms with E-state index < -0.39 is 0 Å². The molecule has 2 heterocycles. The Hall–Kier alpha value is -2.85. The maximum absolute atomic E-state index is 12.6. The van der Waals surface area contributed by atoms with Crippen LogP contribution in [-0.2, 0) is 4.79 Å². The van der Waals surface area contributed by atoms with Crippen molar-refractivity contribution in [1.29, 1.82) is 0 Å². The van der Waals surface area contributed by atoms with Crippen molar-refractivity contribution in [3.63, 3.8) is 0 Å². The number of halogens is 1. The van der Waals surface area contributed by atoms with Gasteiger partial charge in [0.05, 0.1) is 11.4 Å². The Morgan fingerprint density at radius 2 is 1.76 bits per heavy atom. The molecule has 1 aliphatic rings. The lowest BCUT2D eigenvalue weighted by atomic mass is 9.99. The zero-order valence-electron chi connectivity index (χ0n) is 16.5. The van der Waals surface area contributed by atoms with Crippen molar-refractivity contribution in [2.45, 2.75) is 19.8 Å². The summed E-state index contributed by atoms with van der Waals surface area (Å²) in [5.74, 6) is 0.759. The number of hydrogen-bond donors (Lipinski definition) is 0. The van der Waals surface area contributed by atoms with Crippen molar-refractivity contribution in [2.75, 3.05) is 13.1 Å². The van der Waals surface area contributed by atoms with Crippen LogP contribution in [0.1, 0.15) is 25.3 Å². The average molecular weight is 406 g/mol. The quantitative estimate of drug-likeness (QED) is 0.540. The van der Waals surface area contributed by atoms with Crippen molar-refractivity contribution < 1.29 is 4.79 Å². The Morgan fingerprint density at radius 3 is 2.45 bits per heavy atom. The van der Waals surface area contributed by atoms with Crippen LogP contribution in [0.3, 0.4) is 0 Å². The first-order valence-electron chi connectivity index (χ1n) is 9.98. The minimum absolute atomic E-state index is 0.0615. The van der Waals surface area contributed by atoms with E-state index in [1.807, 2.05) is 76.5 Å². The number of rotatable bonds is 4. The van der Waals surface area contributed by atoms with E-state index in [9.17, 15) is 4.79 Å². The van der Waals surface area contributed by atoms with Gasteiger partial charge in [0, 0.05) is 41.5 Å². The van der Waals surface area contributed by atoms with E-state index >= 15 is 0 Å². The predicted octanol–water partition coefficient (Wildman–Crippen LogP) is 5.46. The second-order valence-electron chi connectivity index (χ2n) is 7.56. The molecule has 5 heteroatoms. The molecule has 1 aromatic heterocycles. The molecule has 1 amide bonds. The molecule has 1 aliphatic heterocycles. The molecule has 2 aromatic carbocycles. The number of benzene rings is 2. The summed E-state index contributed by atoms with van der Waals surface area (Å²) >= 11 is 6.05. The highest BCUT2D eigenvalue weighted by Gasteiger charge is 2.19. The second kappa shape index (κ2) is 8.66. The standard InChI is InChI=1S/C24H24ClN3O/c1-18-13-15-27(16-14-18)23(29)12-9-20-17-28(22-5-3-2-4-6-22)26-24(20)19-7-10-21(25)11-8-19/h2-12,17-18H,13-16H2,1H3/b12-9+. The summed E-state index contributed by atoms with van der Waals surface area (Å²) in [6.45, 7) is 3.91. The highest BCUT2D eigenvalue weighted by Crippen LogP contribution is 2.26. The van der Waals surface area contributed by atoms with Crippen LogP contribution in [0.25, 0.3) is 23.0 Å². The van der Waals surface area contributed by atoms with Gasteiger partial charge in [-0.3, -0.25) is 4.79 Å². The van der Waals surface area contributed by atoms with Crippen LogP contribution in [0, 0.1) is 5.92 Å². The fourth-order valence-corrected chi connectivity index (χ4v) is 3.68. The lowest BCUT2D eigenvalue weighted by Gasteiger charge is -2.29. The molecule has 0 saturated carbocycles. The van der Waals surface area contributed by atoms with E-state index in [0.29, 0.717) is 10.9 Å². The van der Waals surface area contributed by atoms with Crippen molar-refractivity contribution in [1.82, 2.24) is 14.7 Å². The van der Waals surface area contributed by atoms with Gasteiger partial charge >= 0.3 is 0 Å². The van der Waals surface area contributed by atoms with E-state index in [2.05, 4.69) is 6.92 Å². The van der Waals surface area contributed by atoms with Crippen LogP contribution in [-0.4, -0.2) is 33.7 Å². The Kier molecular flexibility index (Phi) is 5.81. The Bertz CT molecular complexity index is 1000. The number of piperidine rings is 1.